The van der Waals surface area contributed by atoms with Crippen LogP contribution in [0.2, 0.25) is 0 Å². The Labute approximate surface area is 156 Å². The number of rotatable bonds is 3. The second-order valence-corrected chi connectivity index (χ2v) is 6.65. The van der Waals surface area contributed by atoms with E-state index in [1.54, 1.807) is 42.7 Å². The first-order chi connectivity index (χ1) is 13.1. The van der Waals surface area contributed by atoms with Crippen LogP contribution in [0.1, 0.15) is 47.7 Å². The van der Waals surface area contributed by atoms with Gasteiger partial charge in [0.25, 0.3) is 0 Å². The summed E-state index contributed by atoms with van der Waals surface area (Å²) in [6.07, 6.45) is 3.39. The van der Waals surface area contributed by atoms with Gasteiger partial charge in [-0.25, -0.2) is 4.79 Å². The van der Waals surface area contributed by atoms with E-state index in [1.807, 2.05) is 0 Å². The van der Waals surface area contributed by atoms with Gasteiger partial charge in [0.1, 0.15) is 5.76 Å². The van der Waals surface area contributed by atoms with Gasteiger partial charge < -0.3 is 9.15 Å². The first-order valence-electron chi connectivity index (χ1n) is 8.91. The topological polar surface area (TPSA) is 76.8 Å². The molecule has 27 heavy (non-hydrogen) atoms. The van der Waals surface area contributed by atoms with Crippen molar-refractivity contribution in [3.8, 4) is 0 Å². The van der Waals surface area contributed by atoms with Crippen LogP contribution in [-0.4, -0.2) is 24.8 Å². The third-order valence-corrected chi connectivity index (χ3v) is 5.11. The molecule has 2 aliphatic rings. The fourth-order valence-electron chi connectivity index (χ4n) is 3.96. The van der Waals surface area contributed by atoms with Gasteiger partial charge in [0.15, 0.2) is 5.78 Å². The zero-order chi connectivity index (χ0) is 19.0. The molecule has 0 fully saturated rings. The van der Waals surface area contributed by atoms with Crippen molar-refractivity contribution in [1.29, 1.82) is 0 Å². The number of hydrogen-bond acceptors (Lipinski definition) is 5. The summed E-state index contributed by atoms with van der Waals surface area (Å²) in [7, 11) is 1.30. The Morgan fingerprint density at radius 3 is 2.70 bits per heavy atom. The second kappa shape index (κ2) is 6.87. The number of allylic oxidation sites excluding steroid dienone is 2. The Kier molecular flexibility index (Phi) is 4.39. The van der Waals surface area contributed by atoms with Crippen molar-refractivity contribution in [2.24, 2.45) is 0 Å². The van der Waals surface area contributed by atoms with Gasteiger partial charge in [-0.3, -0.25) is 14.5 Å². The van der Waals surface area contributed by atoms with E-state index in [9.17, 15) is 14.4 Å². The fraction of sp³-hybridized carbons (Fsp3) is 0.286. The Balaban J connectivity index is 1.89. The van der Waals surface area contributed by atoms with E-state index in [2.05, 4.69) is 0 Å². The van der Waals surface area contributed by atoms with Crippen molar-refractivity contribution in [1.82, 2.24) is 0 Å². The van der Waals surface area contributed by atoms with Gasteiger partial charge in [0.2, 0.25) is 5.91 Å². The molecule has 0 bridgehead atoms. The van der Waals surface area contributed by atoms with Crippen LogP contribution in [0.3, 0.4) is 0 Å². The van der Waals surface area contributed by atoms with Gasteiger partial charge in [-0.2, -0.15) is 0 Å². The lowest BCUT2D eigenvalue weighted by molar-refractivity contribution is -0.120. The van der Waals surface area contributed by atoms with Crippen LogP contribution < -0.4 is 4.90 Å². The van der Waals surface area contributed by atoms with Crippen molar-refractivity contribution < 1.29 is 23.5 Å². The zero-order valence-corrected chi connectivity index (χ0v) is 14.9. The maximum Gasteiger partial charge on any atom is 0.339 e. The highest BCUT2D eigenvalue weighted by atomic mass is 16.5. The van der Waals surface area contributed by atoms with Gasteiger partial charge in [-0.05, 0) is 37.1 Å². The SMILES string of the molecule is COC(=O)c1ccccc1N1C(=O)CC(c2ccco2)C2=C1CCCC2=O. The summed E-state index contributed by atoms with van der Waals surface area (Å²) in [6.45, 7) is 0. The Morgan fingerprint density at radius 2 is 1.96 bits per heavy atom. The van der Waals surface area contributed by atoms with Crippen molar-refractivity contribution in [2.45, 2.75) is 31.6 Å². The zero-order valence-electron chi connectivity index (χ0n) is 14.9. The largest absolute Gasteiger partial charge is 0.469 e. The molecule has 2 heterocycles. The molecule has 138 valence electrons. The van der Waals surface area contributed by atoms with Crippen LogP contribution in [0.25, 0.3) is 0 Å². The number of carbonyl (C=O) groups is 3. The van der Waals surface area contributed by atoms with Crippen LogP contribution in [0.15, 0.2) is 58.3 Å². The number of furan rings is 1. The highest BCUT2D eigenvalue weighted by Gasteiger charge is 2.41. The first kappa shape index (κ1) is 17.3. The molecule has 1 aliphatic heterocycles. The number of para-hydroxylation sites is 1. The minimum absolute atomic E-state index is 0.0331. The minimum Gasteiger partial charge on any atom is -0.469 e. The van der Waals surface area contributed by atoms with Crippen LogP contribution in [0, 0.1) is 0 Å². The molecule has 6 nitrogen and oxygen atoms in total. The number of benzene rings is 1. The first-order valence-corrected chi connectivity index (χ1v) is 8.91. The van der Waals surface area contributed by atoms with E-state index in [0.29, 0.717) is 47.5 Å². The fourth-order valence-corrected chi connectivity index (χ4v) is 3.96. The van der Waals surface area contributed by atoms with E-state index < -0.39 is 5.97 Å². The van der Waals surface area contributed by atoms with E-state index in [-0.39, 0.29) is 24.0 Å². The molecule has 0 radical (unpaired) electrons. The molecule has 1 unspecified atom stereocenters. The quantitative estimate of drug-likeness (QED) is 0.777. The number of esters is 1. The summed E-state index contributed by atoms with van der Waals surface area (Å²) >= 11 is 0. The van der Waals surface area contributed by atoms with Gasteiger partial charge in [0.05, 0.1) is 30.5 Å². The van der Waals surface area contributed by atoms with Gasteiger partial charge in [0, 0.05) is 24.1 Å². The number of anilines is 1. The lowest BCUT2D eigenvalue weighted by atomic mass is 9.79. The molecule has 0 saturated carbocycles. The van der Waals surface area contributed by atoms with E-state index in [4.69, 9.17) is 9.15 Å². The second-order valence-electron chi connectivity index (χ2n) is 6.65. The molecule has 0 spiro atoms. The molecule has 1 amide bonds. The number of hydrogen-bond donors (Lipinski definition) is 0. The van der Waals surface area contributed by atoms with Crippen LogP contribution in [0.5, 0.6) is 0 Å². The molecule has 1 aromatic heterocycles. The molecule has 6 heteroatoms. The van der Waals surface area contributed by atoms with Crippen LogP contribution in [0.4, 0.5) is 5.69 Å². The Bertz CT molecular complexity index is 941. The minimum atomic E-state index is -0.518. The van der Waals surface area contributed by atoms with Gasteiger partial charge in [-0.1, -0.05) is 12.1 Å². The molecular weight excluding hydrogens is 346 g/mol. The highest BCUT2D eigenvalue weighted by Crippen LogP contribution is 2.44. The average Bonchev–Trinajstić information content (AvgIpc) is 3.21. The maximum absolute atomic E-state index is 13.1. The number of methoxy groups -OCH3 is 1. The molecule has 1 atom stereocenters. The molecular formula is C21H19NO5. The highest BCUT2D eigenvalue weighted by molar-refractivity contribution is 6.10. The summed E-state index contributed by atoms with van der Waals surface area (Å²) in [5.74, 6) is -0.411. The van der Waals surface area contributed by atoms with Gasteiger partial charge >= 0.3 is 5.97 Å². The third kappa shape index (κ3) is 2.87. The summed E-state index contributed by atoms with van der Waals surface area (Å²) < 4.78 is 10.4. The molecule has 1 aromatic carbocycles. The normalized spacial score (nSPS) is 19.9. The number of ketones is 1. The van der Waals surface area contributed by atoms with Crippen molar-refractivity contribution in [2.75, 3.05) is 12.0 Å². The van der Waals surface area contributed by atoms with Gasteiger partial charge in [-0.15, -0.1) is 0 Å². The van der Waals surface area contributed by atoms with E-state index >= 15 is 0 Å². The standard InChI is InChI=1S/C21H19NO5/c1-26-21(25)13-6-2-3-7-15(13)22-16-8-4-9-17(23)20(16)14(12-19(22)24)18-10-5-11-27-18/h2-3,5-7,10-11,14H,4,8-9,12H2,1H3. The number of amides is 1. The molecule has 2 aromatic rings. The number of Topliss-reactive ketones (excluding diaryl/α,β-unsaturated/α-hetero) is 1. The van der Waals surface area contributed by atoms with Crippen LogP contribution >= 0.6 is 0 Å². The smallest absolute Gasteiger partial charge is 0.339 e. The van der Waals surface area contributed by atoms with E-state index in [1.165, 1.54) is 12.0 Å². The molecule has 0 saturated heterocycles. The number of nitrogens with zero attached hydrogens (tertiary/aromatic N) is 1. The summed E-state index contributed by atoms with van der Waals surface area (Å²) in [5, 5.41) is 0. The lowest BCUT2D eigenvalue weighted by Gasteiger charge is -2.38. The summed E-state index contributed by atoms with van der Waals surface area (Å²) in [5.41, 5.74) is 2.04. The summed E-state index contributed by atoms with van der Waals surface area (Å²) in [6, 6.07) is 10.4. The maximum atomic E-state index is 13.1. The van der Waals surface area contributed by atoms with Crippen LogP contribution in [-0.2, 0) is 14.3 Å². The Morgan fingerprint density at radius 1 is 1.15 bits per heavy atom. The number of ether oxygens (including phenoxy) is 1. The number of carbonyl (C=O) groups excluding carboxylic acids is 3. The predicted molar refractivity (Wildman–Crippen MR) is 97.2 cm³/mol. The lowest BCUT2D eigenvalue weighted by Crippen LogP contribution is -2.41. The predicted octanol–water partition coefficient (Wildman–Crippen LogP) is 3.59. The third-order valence-electron chi connectivity index (χ3n) is 5.11. The molecule has 1 aliphatic carbocycles. The molecule has 4 rings (SSSR count). The van der Waals surface area contributed by atoms with Crippen molar-refractivity contribution in [3.63, 3.8) is 0 Å². The monoisotopic (exact) mass is 365 g/mol. The van der Waals surface area contributed by atoms with E-state index in [0.717, 1.165) is 0 Å². The summed E-state index contributed by atoms with van der Waals surface area (Å²) in [4.78, 5) is 39.6. The Hall–Kier alpha value is -3.15. The van der Waals surface area contributed by atoms with Crippen molar-refractivity contribution in [3.05, 3.63) is 65.3 Å². The molecule has 0 N–H and O–H groups in total. The van der Waals surface area contributed by atoms with Crippen molar-refractivity contribution >= 4 is 23.3 Å². The average molecular weight is 365 g/mol.